The normalized spacial score (nSPS) is 20.4. The van der Waals surface area contributed by atoms with Crippen LogP contribution in [0, 0.1) is 16.7 Å². The van der Waals surface area contributed by atoms with Crippen LogP contribution in [0.5, 0.6) is 0 Å². The highest BCUT2D eigenvalue weighted by Crippen LogP contribution is 2.67. The van der Waals surface area contributed by atoms with Gasteiger partial charge < -0.3 is 9.67 Å². The van der Waals surface area contributed by atoms with E-state index in [9.17, 15) is 13.2 Å². The fraction of sp³-hybridized carbons (Fsp3) is 0.643. The third-order valence-electron chi connectivity index (χ3n) is 5.31. The van der Waals surface area contributed by atoms with Gasteiger partial charge in [0.1, 0.15) is 10.6 Å². The van der Waals surface area contributed by atoms with Crippen LogP contribution in [0.15, 0.2) is 17.2 Å². The van der Waals surface area contributed by atoms with Crippen molar-refractivity contribution in [2.24, 2.45) is 23.8 Å². The van der Waals surface area contributed by atoms with Gasteiger partial charge in [-0.2, -0.15) is 0 Å². The zero-order chi connectivity index (χ0) is 16.2. The van der Waals surface area contributed by atoms with Crippen molar-refractivity contribution in [3.63, 3.8) is 0 Å². The molecular formula is C14H22N2O4S. The van der Waals surface area contributed by atoms with Gasteiger partial charge >= 0.3 is 5.97 Å². The molecule has 1 aliphatic rings. The second-order valence-corrected chi connectivity index (χ2v) is 8.59. The van der Waals surface area contributed by atoms with Crippen LogP contribution in [-0.2, 0) is 17.1 Å². The van der Waals surface area contributed by atoms with E-state index in [1.54, 1.807) is 0 Å². The molecule has 1 heterocycles. The molecule has 0 spiro atoms. The molecule has 21 heavy (non-hydrogen) atoms. The molecule has 6 nitrogen and oxygen atoms in total. The average molecular weight is 314 g/mol. The molecule has 0 atom stereocenters. The maximum Gasteiger partial charge on any atom is 0.352 e. The lowest BCUT2D eigenvalue weighted by Gasteiger charge is -2.06. The van der Waals surface area contributed by atoms with Crippen LogP contribution < -0.4 is 4.72 Å². The Balaban J connectivity index is 2.14. The minimum Gasteiger partial charge on any atom is -0.477 e. The summed E-state index contributed by atoms with van der Waals surface area (Å²) in [5, 5.41) is 8.97. The Hall–Kier alpha value is -1.34. The molecule has 1 saturated carbocycles. The van der Waals surface area contributed by atoms with Crippen LogP contribution >= 0.6 is 0 Å². The van der Waals surface area contributed by atoms with E-state index in [1.165, 1.54) is 23.9 Å². The second-order valence-electron chi connectivity index (χ2n) is 6.82. The highest BCUT2D eigenvalue weighted by Gasteiger charge is 2.64. The van der Waals surface area contributed by atoms with Crippen LogP contribution in [0.4, 0.5) is 0 Å². The number of aromatic carboxylic acids is 1. The van der Waals surface area contributed by atoms with E-state index < -0.39 is 16.0 Å². The average Bonchev–Trinajstić information content (AvgIpc) is 2.63. The largest absolute Gasteiger partial charge is 0.477 e. The maximum atomic E-state index is 12.3. The van der Waals surface area contributed by atoms with Crippen LogP contribution in [0.3, 0.4) is 0 Å². The van der Waals surface area contributed by atoms with Crippen molar-refractivity contribution in [2.45, 2.75) is 32.6 Å². The van der Waals surface area contributed by atoms with Crippen molar-refractivity contribution < 1.29 is 18.3 Å². The third kappa shape index (κ3) is 2.48. The number of nitrogens with zero attached hydrogens (tertiary/aromatic N) is 1. The predicted octanol–water partition coefficient (Wildman–Crippen LogP) is 1.68. The smallest absolute Gasteiger partial charge is 0.352 e. The first-order chi connectivity index (χ1) is 9.41. The van der Waals surface area contributed by atoms with E-state index in [2.05, 4.69) is 32.4 Å². The third-order valence-corrected chi connectivity index (χ3v) is 6.70. The number of aromatic nitrogens is 1. The Bertz CT molecular complexity index is 672. The topological polar surface area (TPSA) is 88.4 Å². The molecule has 7 heteroatoms. The lowest BCUT2D eigenvalue weighted by atomic mass is 10.0. The second kappa shape index (κ2) is 4.58. The van der Waals surface area contributed by atoms with Crippen LogP contribution in [0.1, 0.15) is 38.2 Å². The zero-order valence-electron chi connectivity index (χ0n) is 13.0. The molecule has 2 N–H and O–H groups in total. The lowest BCUT2D eigenvalue weighted by molar-refractivity contribution is 0.0686. The minimum atomic E-state index is -3.69. The monoisotopic (exact) mass is 314 g/mol. The van der Waals surface area contributed by atoms with E-state index in [1.807, 2.05) is 0 Å². The number of sulfonamides is 1. The Morgan fingerprint density at radius 3 is 2.24 bits per heavy atom. The molecule has 0 saturated heterocycles. The molecule has 118 valence electrons. The number of nitrogens with one attached hydrogen (secondary N) is 1. The first kappa shape index (κ1) is 16.0. The predicted molar refractivity (Wildman–Crippen MR) is 78.6 cm³/mol. The first-order valence-electron chi connectivity index (χ1n) is 6.80. The minimum absolute atomic E-state index is 0.0151. The Labute approximate surface area is 125 Å². The van der Waals surface area contributed by atoms with E-state index >= 15 is 0 Å². The van der Waals surface area contributed by atoms with Gasteiger partial charge in [0.05, 0.1) is 0 Å². The number of hydrogen-bond acceptors (Lipinski definition) is 3. The molecular weight excluding hydrogens is 292 g/mol. The van der Waals surface area contributed by atoms with Crippen molar-refractivity contribution in [2.75, 3.05) is 6.54 Å². The molecule has 1 aromatic rings. The summed E-state index contributed by atoms with van der Waals surface area (Å²) in [4.78, 5) is 11.0. The Morgan fingerprint density at radius 2 is 1.86 bits per heavy atom. The van der Waals surface area contributed by atoms with Gasteiger partial charge in [-0.3, -0.25) is 0 Å². The van der Waals surface area contributed by atoms with Crippen molar-refractivity contribution in [1.29, 1.82) is 0 Å². The molecule has 1 aliphatic carbocycles. The Morgan fingerprint density at radius 1 is 1.33 bits per heavy atom. The highest BCUT2D eigenvalue weighted by molar-refractivity contribution is 7.89. The van der Waals surface area contributed by atoms with E-state index in [0.29, 0.717) is 6.54 Å². The van der Waals surface area contributed by atoms with Gasteiger partial charge in [-0.25, -0.2) is 17.9 Å². The summed E-state index contributed by atoms with van der Waals surface area (Å²) >= 11 is 0. The maximum absolute atomic E-state index is 12.3. The number of hydrogen-bond donors (Lipinski definition) is 2. The molecule has 0 unspecified atom stereocenters. The fourth-order valence-corrected chi connectivity index (χ4v) is 4.13. The summed E-state index contributed by atoms with van der Waals surface area (Å²) in [5.74, 6) is -0.883. The number of carbonyl (C=O) groups is 1. The van der Waals surface area contributed by atoms with Gasteiger partial charge in [0.25, 0.3) is 0 Å². The quantitative estimate of drug-likeness (QED) is 0.865. The van der Waals surface area contributed by atoms with E-state index in [0.717, 1.165) is 0 Å². The summed E-state index contributed by atoms with van der Waals surface area (Å²) in [7, 11) is -2.18. The molecule has 1 aromatic heterocycles. The van der Waals surface area contributed by atoms with E-state index in [4.69, 9.17) is 5.11 Å². The van der Waals surface area contributed by atoms with Crippen LogP contribution in [0.2, 0.25) is 0 Å². The zero-order valence-corrected chi connectivity index (χ0v) is 13.8. The lowest BCUT2D eigenvalue weighted by Crippen LogP contribution is -2.27. The first-order valence-corrected chi connectivity index (χ1v) is 8.29. The van der Waals surface area contributed by atoms with Gasteiger partial charge in [0.15, 0.2) is 0 Å². The van der Waals surface area contributed by atoms with Gasteiger partial charge in [0.2, 0.25) is 10.0 Å². The van der Waals surface area contributed by atoms with Gasteiger partial charge in [-0.1, -0.05) is 27.7 Å². The van der Waals surface area contributed by atoms with Crippen LogP contribution in [0.25, 0.3) is 0 Å². The Kier molecular flexibility index (Phi) is 3.50. The standard InChI is InChI=1S/C14H22N2O4S/c1-13(2)11(14(13,3)4)7-15-21(19,20)9-6-10(12(17)18)16(5)8-9/h6,8,11,15H,7H2,1-5H3,(H,17,18). The van der Waals surface area contributed by atoms with Gasteiger partial charge in [0, 0.05) is 19.8 Å². The van der Waals surface area contributed by atoms with Gasteiger partial charge in [-0.05, 0) is 22.8 Å². The summed E-state index contributed by atoms with van der Waals surface area (Å²) in [6, 6.07) is 1.17. The van der Waals surface area contributed by atoms with Crippen molar-refractivity contribution in [1.82, 2.24) is 9.29 Å². The van der Waals surface area contributed by atoms with Gasteiger partial charge in [-0.15, -0.1) is 0 Å². The summed E-state index contributed by atoms with van der Waals surface area (Å²) in [6.45, 7) is 8.85. The summed E-state index contributed by atoms with van der Waals surface area (Å²) in [6.07, 6.45) is 1.31. The molecule has 0 radical (unpaired) electrons. The summed E-state index contributed by atoms with van der Waals surface area (Å²) < 4.78 is 28.4. The molecule has 0 aromatic carbocycles. The molecule has 0 amide bonds. The fourth-order valence-electron chi connectivity index (χ4n) is 3.01. The van der Waals surface area contributed by atoms with Crippen LogP contribution in [-0.4, -0.2) is 30.6 Å². The highest BCUT2D eigenvalue weighted by atomic mass is 32.2. The number of rotatable bonds is 5. The number of carboxylic acid groups (broad SMARTS) is 1. The van der Waals surface area contributed by atoms with Crippen molar-refractivity contribution in [3.8, 4) is 0 Å². The molecule has 0 aliphatic heterocycles. The number of carboxylic acids is 1. The molecule has 2 rings (SSSR count). The number of aryl methyl sites for hydroxylation is 1. The van der Waals surface area contributed by atoms with Crippen molar-refractivity contribution in [3.05, 3.63) is 18.0 Å². The SMILES string of the molecule is Cn1cc(S(=O)(=O)NCC2C(C)(C)C2(C)C)cc1C(=O)O. The molecule has 1 fully saturated rings. The van der Waals surface area contributed by atoms with E-state index in [-0.39, 0.29) is 27.3 Å². The van der Waals surface area contributed by atoms with Crippen molar-refractivity contribution >= 4 is 16.0 Å². The molecule has 0 bridgehead atoms. The summed E-state index contributed by atoms with van der Waals surface area (Å²) in [5.41, 5.74) is 0.138.